The van der Waals surface area contributed by atoms with E-state index in [4.69, 9.17) is 0 Å². The third-order valence-electron chi connectivity index (χ3n) is 4.15. The first kappa shape index (κ1) is 13.5. The summed E-state index contributed by atoms with van der Waals surface area (Å²) in [5.74, 6) is 1.65. The molecule has 3 nitrogen and oxygen atoms in total. The van der Waals surface area contributed by atoms with Gasteiger partial charge in [-0.15, -0.1) is 0 Å². The van der Waals surface area contributed by atoms with Crippen LogP contribution < -0.4 is 5.32 Å². The largest absolute Gasteiger partial charge is 0.308 e. The minimum absolute atomic E-state index is 0.398. The Kier molecular flexibility index (Phi) is 5.12. The highest BCUT2D eigenvalue weighted by molar-refractivity contribution is 5.05. The second-order valence-electron chi connectivity index (χ2n) is 5.41. The fourth-order valence-corrected chi connectivity index (χ4v) is 3.07. The highest BCUT2D eigenvalue weighted by atomic mass is 15.0. The lowest BCUT2D eigenvalue weighted by Crippen LogP contribution is -2.29. The molecule has 1 saturated carbocycles. The SMILES string of the molecule is CCCNC(c1cnccn1)C1CCC(CC)C1. The van der Waals surface area contributed by atoms with Gasteiger partial charge in [-0.1, -0.05) is 26.7 Å². The van der Waals surface area contributed by atoms with Crippen LogP contribution in [0.5, 0.6) is 0 Å². The van der Waals surface area contributed by atoms with Crippen molar-refractivity contribution in [3.05, 3.63) is 24.3 Å². The van der Waals surface area contributed by atoms with Crippen LogP contribution in [0, 0.1) is 11.8 Å². The number of aromatic nitrogens is 2. The van der Waals surface area contributed by atoms with Crippen molar-refractivity contribution < 1.29 is 0 Å². The summed E-state index contributed by atoms with van der Waals surface area (Å²) in [6, 6.07) is 0.398. The van der Waals surface area contributed by atoms with Crippen molar-refractivity contribution >= 4 is 0 Å². The summed E-state index contributed by atoms with van der Waals surface area (Å²) in [6.45, 7) is 5.59. The molecule has 100 valence electrons. The van der Waals surface area contributed by atoms with E-state index in [0.717, 1.165) is 24.1 Å². The van der Waals surface area contributed by atoms with Crippen LogP contribution in [0.1, 0.15) is 57.7 Å². The third-order valence-corrected chi connectivity index (χ3v) is 4.15. The lowest BCUT2D eigenvalue weighted by Gasteiger charge is -2.24. The van der Waals surface area contributed by atoms with Crippen molar-refractivity contribution in [2.45, 2.75) is 52.0 Å². The van der Waals surface area contributed by atoms with E-state index in [-0.39, 0.29) is 0 Å². The van der Waals surface area contributed by atoms with Gasteiger partial charge in [-0.3, -0.25) is 9.97 Å². The summed E-state index contributed by atoms with van der Waals surface area (Å²) in [6.07, 6.45) is 12.0. The van der Waals surface area contributed by atoms with Gasteiger partial charge in [0.1, 0.15) is 0 Å². The van der Waals surface area contributed by atoms with Gasteiger partial charge in [-0.25, -0.2) is 0 Å². The van der Waals surface area contributed by atoms with E-state index in [2.05, 4.69) is 29.1 Å². The highest BCUT2D eigenvalue weighted by Gasteiger charge is 2.31. The number of hydrogen-bond acceptors (Lipinski definition) is 3. The second-order valence-corrected chi connectivity index (χ2v) is 5.41. The van der Waals surface area contributed by atoms with E-state index in [9.17, 15) is 0 Å². The standard InChI is InChI=1S/C15H25N3/c1-3-7-18-15(14-11-16-8-9-17-14)13-6-5-12(4-2)10-13/h8-9,11-13,15,18H,3-7,10H2,1-2H3. The topological polar surface area (TPSA) is 37.8 Å². The minimum atomic E-state index is 0.398. The molecule has 0 amide bonds. The van der Waals surface area contributed by atoms with Crippen molar-refractivity contribution in [2.24, 2.45) is 11.8 Å². The lowest BCUT2D eigenvalue weighted by atomic mass is 9.93. The molecule has 0 aromatic carbocycles. The molecule has 3 heteroatoms. The fourth-order valence-electron chi connectivity index (χ4n) is 3.07. The smallest absolute Gasteiger partial charge is 0.0758 e. The van der Waals surface area contributed by atoms with Crippen LogP contribution in [0.3, 0.4) is 0 Å². The maximum Gasteiger partial charge on any atom is 0.0758 e. The van der Waals surface area contributed by atoms with Gasteiger partial charge in [0, 0.05) is 18.6 Å². The first-order valence-electron chi connectivity index (χ1n) is 7.34. The highest BCUT2D eigenvalue weighted by Crippen LogP contribution is 2.39. The zero-order chi connectivity index (χ0) is 12.8. The van der Waals surface area contributed by atoms with Crippen LogP contribution in [0.4, 0.5) is 0 Å². The Morgan fingerprint density at radius 3 is 2.83 bits per heavy atom. The molecular formula is C15H25N3. The zero-order valence-corrected chi connectivity index (χ0v) is 11.6. The summed E-state index contributed by atoms with van der Waals surface area (Å²) < 4.78 is 0. The summed E-state index contributed by atoms with van der Waals surface area (Å²) in [5, 5.41) is 3.67. The zero-order valence-electron chi connectivity index (χ0n) is 11.6. The Balaban J connectivity index is 2.06. The Hall–Kier alpha value is -0.960. The maximum atomic E-state index is 4.50. The van der Waals surface area contributed by atoms with Crippen molar-refractivity contribution in [3.63, 3.8) is 0 Å². The van der Waals surface area contributed by atoms with E-state index in [0.29, 0.717) is 6.04 Å². The molecule has 18 heavy (non-hydrogen) atoms. The molecule has 2 rings (SSSR count). The molecule has 3 atom stereocenters. The van der Waals surface area contributed by atoms with E-state index in [1.54, 1.807) is 6.20 Å². The van der Waals surface area contributed by atoms with Crippen LogP contribution in [0.15, 0.2) is 18.6 Å². The van der Waals surface area contributed by atoms with Gasteiger partial charge in [0.05, 0.1) is 11.7 Å². The molecule has 0 radical (unpaired) electrons. The maximum absolute atomic E-state index is 4.50. The number of hydrogen-bond donors (Lipinski definition) is 1. The first-order chi connectivity index (χ1) is 8.85. The van der Waals surface area contributed by atoms with Crippen molar-refractivity contribution in [2.75, 3.05) is 6.54 Å². The first-order valence-corrected chi connectivity index (χ1v) is 7.34. The minimum Gasteiger partial charge on any atom is -0.308 e. The molecule has 1 aliphatic rings. The van der Waals surface area contributed by atoms with Gasteiger partial charge < -0.3 is 5.32 Å². The predicted molar refractivity (Wildman–Crippen MR) is 74.2 cm³/mol. The molecule has 1 N–H and O–H groups in total. The molecular weight excluding hydrogens is 222 g/mol. The molecule has 1 heterocycles. The lowest BCUT2D eigenvalue weighted by molar-refractivity contribution is 0.347. The Morgan fingerprint density at radius 1 is 1.33 bits per heavy atom. The Labute approximate surface area is 110 Å². The average Bonchev–Trinajstić information content (AvgIpc) is 2.89. The number of nitrogens with zero attached hydrogens (tertiary/aromatic N) is 2. The van der Waals surface area contributed by atoms with Crippen LogP contribution in [-0.2, 0) is 0 Å². The number of nitrogens with one attached hydrogen (secondary N) is 1. The molecule has 0 aliphatic heterocycles. The summed E-state index contributed by atoms with van der Waals surface area (Å²) in [5.41, 5.74) is 1.12. The van der Waals surface area contributed by atoms with E-state index in [1.165, 1.54) is 32.1 Å². The molecule has 0 saturated heterocycles. The quantitative estimate of drug-likeness (QED) is 0.837. The Morgan fingerprint density at radius 2 is 2.22 bits per heavy atom. The van der Waals surface area contributed by atoms with Crippen LogP contribution >= 0.6 is 0 Å². The number of rotatable bonds is 6. The summed E-state index contributed by atoms with van der Waals surface area (Å²) in [7, 11) is 0. The predicted octanol–water partition coefficient (Wildman–Crippen LogP) is 3.34. The average molecular weight is 247 g/mol. The van der Waals surface area contributed by atoms with E-state index < -0.39 is 0 Å². The van der Waals surface area contributed by atoms with Gasteiger partial charge in [0.2, 0.25) is 0 Å². The molecule has 1 aromatic rings. The van der Waals surface area contributed by atoms with Crippen molar-refractivity contribution in [1.82, 2.24) is 15.3 Å². The summed E-state index contributed by atoms with van der Waals surface area (Å²) in [4.78, 5) is 8.72. The van der Waals surface area contributed by atoms with Gasteiger partial charge in [0.15, 0.2) is 0 Å². The molecule has 0 bridgehead atoms. The molecule has 1 aliphatic carbocycles. The van der Waals surface area contributed by atoms with Gasteiger partial charge >= 0.3 is 0 Å². The Bertz CT molecular complexity index is 339. The van der Waals surface area contributed by atoms with Crippen LogP contribution in [-0.4, -0.2) is 16.5 Å². The summed E-state index contributed by atoms with van der Waals surface area (Å²) >= 11 is 0. The molecule has 3 unspecified atom stereocenters. The normalized spacial score (nSPS) is 25.2. The van der Waals surface area contributed by atoms with Crippen LogP contribution in [0.2, 0.25) is 0 Å². The van der Waals surface area contributed by atoms with Gasteiger partial charge in [-0.05, 0) is 37.6 Å². The van der Waals surface area contributed by atoms with Gasteiger partial charge in [0.25, 0.3) is 0 Å². The monoisotopic (exact) mass is 247 g/mol. The van der Waals surface area contributed by atoms with Crippen LogP contribution in [0.25, 0.3) is 0 Å². The molecule has 1 aromatic heterocycles. The van der Waals surface area contributed by atoms with E-state index >= 15 is 0 Å². The van der Waals surface area contributed by atoms with E-state index in [1.807, 2.05) is 12.4 Å². The van der Waals surface area contributed by atoms with Gasteiger partial charge in [-0.2, -0.15) is 0 Å². The van der Waals surface area contributed by atoms with Crippen molar-refractivity contribution in [1.29, 1.82) is 0 Å². The van der Waals surface area contributed by atoms with Crippen molar-refractivity contribution in [3.8, 4) is 0 Å². The second kappa shape index (κ2) is 6.83. The molecule has 0 spiro atoms. The third kappa shape index (κ3) is 3.29. The fraction of sp³-hybridized carbons (Fsp3) is 0.733. The molecule has 1 fully saturated rings.